The highest BCUT2D eigenvalue weighted by Crippen LogP contribution is 2.53. The van der Waals surface area contributed by atoms with Crippen molar-refractivity contribution in [2.24, 2.45) is 4.99 Å². The summed E-state index contributed by atoms with van der Waals surface area (Å²) in [5, 5.41) is 5.34. The zero-order valence-electron chi connectivity index (χ0n) is 26.8. The van der Waals surface area contributed by atoms with E-state index in [0.29, 0.717) is 17.5 Å². The Hall–Kier alpha value is -5.63. The Bertz CT molecular complexity index is 2460. The molecule has 50 heavy (non-hydrogen) atoms. The van der Waals surface area contributed by atoms with Crippen molar-refractivity contribution in [3.8, 4) is 34.2 Å². The van der Waals surface area contributed by atoms with Crippen molar-refractivity contribution < 1.29 is 0 Å². The van der Waals surface area contributed by atoms with Crippen LogP contribution in [0.5, 0.6) is 0 Å². The van der Waals surface area contributed by atoms with Gasteiger partial charge in [-0.05, 0) is 35.3 Å². The van der Waals surface area contributed by atoms with Crippen LogP contribution in [-0.4, -0.2) is 26.0 Å². The maximum Gasteiger partial charge on any atom is 0.164 e. The first-order chi connectivity index (χ1) is 24.8. The highest BCUT2D eigenvalue weighted by atomic mass is 32.2. The van der Waals surface area contributed by atoms with E-state index in [9.17, 15) is 0 Å². The van der Waals surface area contributed by atoms with Crippen LogP contribution in [0.15, 0.2) is 161 Å². The molecule has 7 heteroatoms. The summed E-state index contributed by atoms with van der Waals surface area (Å²) in [5.41, 5.74) is 9.05. The molecule has 10 rings (SSSR count). The van der Waals surface area contributed by atoms with Gasteiger partial charge in [-0.15, -0.1) is 23.1 Å². The van der Waals surface area contributed by atoms with Crippen molar-refractivity contribution in [1.29, 1.82) is 0 Å². The number of allylic oxidation sites excluding steroid dienone is 2. The highest BCUT2D eigenvalue weighted by molar-refractivity contribution is 8.00. The molecule has 5 nitrogen and oxygen atoms in total. The molecule has 2 aliphatic heterocycles. The lowest BCUT2D eigenvalue weighted by Gasteiger charge is -2.28. The van der Waals surface area contributed by atoms with E-state index in [2.05, 4.69) is 115 Å². The molecule has 1 N–H and O–H groups in total. The number of thiophene rings is 1. The number of hydrogen-bond acceptors (Lipinski definition) is 7. The van der Waals surface area contributed by atoms with Crippen LogP contribution in [0.2, 0.25) is 0 Å². The van der Waals surface area contributed by atoms with Crippen LogP contribution in [0, 0.1) is 0 Å². The van der Waals surface area contributed by atoms with E-state index in [1.165, 1.54) is 42.1 Å². The van der Waals surface area contributed by atoms with Crippen LogP contribution in [0.3, 0.4) is 0 Å². The van der Waals surface area contributed by atoms with Gasteiger partial charge in [0.25, 0.3) is 0 Å². The molecule has 0 saturated heterocycles. The Morgan fingerprint density at radius 3 is 2.02 bits per heavy atom. The van der Waals surface area contributed by atoms with Gasteiger partial charge in [0, 0.05) is 42.5 Å². The molecular weight excluding hydrogens is 651 g/mol. The topological polar surface area (TPSA) is 63.1 Å². The molecule has 3 aliphatic rings. The first-order valence-corrected chi connectivity index (χ1v) is 18.5. The number of aromatic nitrogens is 3. The van der Waals surface area contributed by atoms with Crippen LogP contribution in [0.4, 0.5) is 5.69 Å². The number of nitrogens with one attached hydrogen (secondary N) is 1. The molecule has 0 saturated carbocycles. The smallest absolute Gasteiger partial charge is 0.164 e. The maximum absolute atomic E-state index is 5.32. The molecule has 2 unspecified atom stereocenters. The number of benzene rings is 5. The Morgan fingerprint density at radius 1 is 0.620 bits per heavy atom. The van der Waals surface area contributed by atoms with Crippen molar-refractivity contribution in [1.82, 2.24) is 20.3 Å². The van der Waals surface area contributed by atoms with Gasteiger partial charge >= 0.3 is 0 Å². The molecule has 1 aliphatic carbocycles. The summed E-state index contributed by atoms with van der Waals surface area (Å²) in [6.07, 6.45) is 5.44. The molecule has 5 aromatic carbocycles. The van der Waals surface area contributed by atoms with Crippen molar-refractivity contribution in [3.05, 3.63) is 167 Å². The monoisotopic (exact) mass is 679 g/mol. The summed E-state index contributed by atoms with van der Waals surface area (Å²) in [5.74, 6) is 2.99. The van der Waals surface area contributed by atoms with Gasteiger partial charge in [0.1, 0.15) is 5.84 Å². The third-order valence-electron chi connectivity index (χ3n) is 9.54. The minimum Gasteiger partial charge on any atom is -0.358 e. The van der Waals surface area contributed by atoms with Crippen molar-refractivity contribution in [3.63, 3.8) is 0 Å². The van der Waals surface area contributed by atoms with Gasteiger partial charge in [-0.2, -0.15) is 0 Å². The molecule has 2 atom stereocenters. The van der Waals surface area contributed by atoms with E-state index < -0.39 is 0 Å². The van der Waals surface area contributed by atoms with Crippen molar-refractivity contribution in [2.75, 3.05) is 0 Å². The Kier molecular flexibility index (Phi) is 7.06. The van der Waals surface area contributed by atoms with Crippen LogP contribution in [0.1, 0.15) is 28.5 Å². The second-order valence-corrected chi connectivity index (χ2v) is 14.9. The fourth-order valence-electron chi connectivity index (χ4n) is 7.15. The minimum atomic E-state index is 0.0452. The number of rotatable bonds is 5. The van der Waals surface area contributed by atoms with E-state index in [1.54, 1.807) is 0 Å². The fourth-order valence-corrected chi connectivity index (χ4v) is 9.77. The zero-order valence-corrected chi connectivity index (χ0v) is 28.5. The third kappa shape index (κ3) is 5.00. The first kappa shape index (κ1) is 29.3. The van der Waals surface area contributed by atoms with Gasteiger partial charge in [-0.25, -0.2) is 19.9 Å². The molecule has 0 fully saturated rings. The predicted molar refractivity (Wildman–Crippen MR) is 207 cm³/mol. The fraction of sp³-hybridized carbons (Fsp3) is 0.0698. The number of hydrogen-bond donors (Lipinski definition) is 1. The molecular formula is C43H29N5S2. The molecule has 238 valence electrons. The maximum atomic E-state index is 5.32. The average Bonchev–Trinajstić information content (AvgIpc) is 3.76. The first-order valence-electron chi connectivity index (χ1n) is 16.8. The second kappa shape index (κ2) is 12.1. The Labute approximate surface area is 298 Å². The van der Waals surface area contributed by atoms with Crippen molar-refractivity contribution >= 4 is 50.3 Å². The zero-order chi connectivity index (χ0) is 33.0. The van der Waals surface area contributed by atoms with Crippen molar-refractivity contribution in [2.45, 2.75) is 22.6 Å². The van der Waals surface area contributed by atoms with Gasteiger partial charge < -0.3 is 5.32 Å². The molecule has 7 aromatic rings. The van der Waals surface area contributed by atoms with Gasteiger partial charge in [-0.1, -0.05) is 133 Å². The summed E-state index contributed by atoms with van der Waals surface area (Å²) in [6.45, 7) is 0. The SMILES string of the molecule is C1=C(C2=Nc3c(sc4ccccc34)C(c3ccccc3)N2)CC2Sc3cccc(-c4nc(-c5ccccc5)nc(-c5ccccc5)n4)c3C2=C1. The summed E-state index contributed by atoms with van der Waals surface area (Å²) < 4.78 is 1.27. The van der Waals surface area contributed by atoms with Crippen LogP contribution in [-0.2, 0) is 0 Å². The number of aliphatic imine (C=N–C) groups is 1. The minimum absolute atomic E-state index is 0.0452. The van der Waals surface area contributed by atoms with Gasteiger partial charge in [0.05, 0.1) is 16.6 Å². The second-order valence-electron chi connectivity index (χ2n) is 12.6. The molecule has 0 radical (unpaired) electrons. The van der Waals surface area contributed by atoms with E-state index in [4.69, 9.17) is 19.9 Å². The lowest BCUT2D eigenvalue weighted by Crippen LogP contribution is -2.33. The van der Waals surface area contributed by atoms with E-state index in [0.717, 1.165) is 34.6 Å². The average molecular weight is 680 g/mol. The summed E-state index contributed by atoms with van der Waals surface area (Å²) in [4.78, 5) is 22.9. The van der Waals surface area contributed by atoms with E-state index in [-0.39, 0.29) is 11.3 Å². The lowest BCUT2D eigenvalue weighted by atomic mass is 9.89. The number of thioether (sulfide) groups is 1. The standard InChI is InChI=1S/C43H29N5S2/c1-4-13-26(14-5-1)37-39-38(31-19-10-11-21-33(31)50-39)45-42(44-37)29-23-24-30-35(25-29)49-34-22-12-20-32(36(30)34)43-47-40(27-15-6-2-7-16-27)46-41(48-43)28-17-8-3-9-18-28/h1-24,35,37H,25H2,(H,44,45). The Balaban J connectivity index is 1.07. The van der Waals surface area contributed by atoms with Gasteiger partial charge in [0.2, 0.25) is 0 Å². The predicted octanol–water partition coefficient (Wildman–Crippen LogP) is 10.7. The van der Waals surface area contributed by atoms with Crippen LogP contribution in [0.25, 0.3) is 49.8 Å². The largest absolute Gasteiger partial charge is 0.358 e. The third-order valence-corrected chi connectivity index (χ3v) is 12.1. The quantitative estimate of drug-likeness (QED) is 0.196. The molecule has 0 spiro atoms. The summed E-state index contributed by atoms with van der Waals surface area (Å²) in [7, 11) is 0. The van der Waals surface area contributed by atoms with Gasteiger partial charge in [-0.3, -0.25) is 0 Å². The Morgan fingerprint density at radius 2 is 1.28 bits per heavy atom. The number of nitrogens with zero attached hydrogens (tertiary/aromatic N) is 4. The molecule has 2 aromatic heterocycles. The van der Waals surface area contributed by atoms with E-state index >= 15 is 0 Å². The van der Waals surface area contributed by atoms with Crippen LogP contribution < -0.4 is 5.32 Å². The number of amidine groups is 1. The van der Waals surface area contributed by atoms with Gasteiger partial charge in [0.15, 0.2) is 17.5 Å². The molecule has 4 heterocycles. The molecule has 0 bridgehead atoms. The normalized spacial score (nSPS) is 17.6. The number of fused-ring (bicyclic) bond motifs is 6. The summed E-state index contributed by atoms with van der Waals surface area (Å²) >= 11 is 3.76. The highest BCUT2D eigenvalue weighted by Gasteiger charge is 2.36. The van der Waals surface area contributed by atoms with Crippen LogP contribution >= 0.6 is 23.1 Å². The lowest BCUT2D eigenvalue weighted by molar-refractivity contribution is 0.760. The summed E-state index contributed by atoms with van der Waals surface area (Å²) in [6, 6.07) is 46.2. The molecule has 0 amide bonds. The van der Waals surface area contributed by atoms with E-state index in [1.807, 2.05) is 59.5 Å².